The van der Waals surface area contributed by atoms with E-state index >= 15 is 0 Å². The molecule has 1 amide bonds. The van der Waals surface area contributed by atoms with Gasteiger partial charge in [0.05, 0.1) is 18.0 Å². The first-order valence-electron chi connectivity index (χ1n) is 6.62. The van der Waals surface area contributed by atoms with Gasteiger partial charge in [-0.2, -0.15) is 0 Å². The molecule has 0 spiro atoms. The summed E-state index contributed by atoms with van der Waals surface area (Å²) >= 11 is 1.59. The lowest BCUT2D eigenvalue weighted by atomic mass is 10.1. The number of rotatable bonds is 5. The van der Waals surface area contributed by atoms with Crippen LogP contribution in [0, 0.1) is 0 Å². The Morgan fingerprint density at radius 3 is 2.71 bits per heavy atom. The van der Waals surface area contributed by atoms with E-state index in [1.165, 1.54) is 0 Å². The Morgan fingerprint density at radius 2 is 2.05 bits per heavy atom. The van der Waals surface area contributed by atoms with Crippen LogP contribution in [0.2, 0.25) is 0 Å². The Kier molecular flexibility index (Phi) is 5.11. The summed E-state index contributed by atoms with van der Waals surface area (Å²) in [6, 6.07) is 12.7. The third-order valence-corrected chi connectivity index (χ3v) is 3.72. The van der Waals surface area contributed by atoms with Crippen LogP contribution in [0.1, 0.15) is 17.3 Å². The van der Waals surface area contributed by atoms with Crippen molar-refractivity contribution >= 4 is 29.0 Å². The average Bonchev–Trinajstić information content (AvgIpc) is 2.50. The molecule has 2 rings (SSSR count). The van der Waals surface area contributed by atoms with Gasteiger partial charge >= 0.3 is 0 Å². The maximum atomic E-state index is 12.3. The van der Waals surface area contributed by atoms with E-state index < -0.39 is 0 Å². The third-order valence-electron chi connectivity index (χ3n) is 2.93. The van der Waals surface area contributed by atoms with E-state index in [0.717, 1.165) is 10.6 Å². The molecule has 0 radical (unpaired) electrons. The molecule has 0 aliphatic carbocycles. The molecular weight excluding hydrogens is 284 g/mol. The molecule has 0 saturated heterocycles. The molecule has 21 heavy (non-hydrogen) atoms. The van der Waals surface area contributed by atoms with Gasteiger partial charge in [-0.3, -0.25) is 4.79 Å². The summed E-state index contributed by atoms with van der Waals surface area (Å²) in [5.41, 5.74) is 7.65. The number of anilines is 2. The molecule has 0 aliphatic rings. The van der Waals surface area contributed by atoms with Crippen molar-refractivity contribution in [1.82, 2.24) is 0 Å². The van der Waals surface area contributed by atoms with Crippen molar-refractivity contribution in [2.24, 2.45) is 0 Å². The number of hydrogen-bond acceptors (Lipinski definition) is 4. The number of benzene rings is 2. The smallest absolute Gasteiger partial charge is 0.255 e. The van der Waals surface area contributed by atoms with Crippen molar-refractivity contribution in [2.45, 2.75) is 11.8 Å². The zero-order valence-corrected chi connectivity index (χ0v) is 12.9. The van der Waals surface area contributed by atoms with E-state index in [2.05, 4.69) is 5.32 Å². The summed E-state index contributed by atoms with van der Waals surface area (Å²) < 4.78 is 5.37. The number of carbonyl (C=O) groups excluding carboxylic acids is 1. The van der Waals surface area contributed by atoms with Gasteiger partial charge < -0.3 is 15.8 Å². The van der Waals surface area contributed by atoms with Gasteiger partial charge in [-0.15, -0.1) is 11.8 Å². The molecule has 0 unspecified atom stereocenters. The van der Waals surface area contributed by atoms with E-state index in [0.29, 0.717) is 23.6 Å². The van der Waals surface area contributed by atoms with Gasteiger partial charge in [0.15, 0.2) is 0 Å². The number of thioether (sulfide) groups is 1. The SMILES string of the molecule is CCOc1ccc(C(=O)Nc2ccccc2SC)cc1N. The molecule has 4 nitrogen and oxygen atoms in total. The lowest BCUT2D eigenvalue weighted by Crippen LogP contribution is -2.13. The minimum atomic E-state index is -0.189. The highest BCUT2D eigenvalue weighted by molar-refractivity contribution is 7.98. The second-order valence-electron chi connectivity index (χ2n) is 4.34. The summed E-state index contributed by atoms with van der Waals surface area (Å²) in [5.74, 6) is 0.407. The van der Waals surface area contributed by atoms with Gasteiger partial charge in [0.25, 0.3) is 5.91 Å². The molecule has 0 atom stereocenters. The Hall–Kier alpha value is -2.14. The molecule has 0 aromatic heterocycles. The molecule has 0 heterocycles. The number of nitrogens with one attached hydrogen (secondary N) is 1. The minimum Gasteiger partial charge on any atom is -0.492 e. The lowest BCUT2D eigenvalue weighted by molar-refractivity contribution is 0.102. The van der Waals surface area contributed by atoms with E-state index in [1.54, 1.807) is 30.0 Å². The van der Waals surface area contributed by atoms with Crippen LogP contribution in [0.5, 0.6) is 5.75 Å². The standard InChI is InChI=1S/C16H18N2O2S/c1-3-20-14-9-8-11(10-12(14)17)16(19)18-13-6-4-5-7-15(13)21-2/h4-10H,3,17H2,1-2H3,(H,18,19). The van der Waals surface area contributed by atoms with Gasteiger partial charge in [-0.25, -0.2) is 0 Å². The summed E-state index contributed by atoms with van der Waals surface area (Å²) in [6.07, 6.45) is 1.97. The zero-order chi connectivity index (χ0) is 15.2. The van der Waals surface area contributed by atoms with Crippen LogP contribution >= 0.6 is 11.8 Å². The second kappa shape index (κ2) is 7.04. The predicted molar refractivity (Wildman–Crippen MR) is 88.2 cm³/mol. The van der Waals surface area contributed by atoms with Crippen molar-refractivity contribution in [3.05, 3.63) is 48.0 Å². The topological polar surface area (TPSA) is 64.3 Å². The highest BCUT2D eigenvalue weighted by atomic mass is 32.2. The maximum Gasteiger partial charge on any atom is 0.255 e. The average molecular weight is 302 g/mol. The first-order chi connectivity index (χ1) is 10.2. The highest BCUT2D eigenvalue weighted by Gasteiger charge is 2.10. The van der Waals surface area contributed by atoms with Gasteiger partial charge in [-0.05, 0) is 43.5 Å². The largest absolute Gasteiger partial charge is 0.492 e. The van der Waals surface area contributed by atoms with Crippen LogP contribution in [-0.2, 0) is 0 Å². The maximum absolute atomic E-state index is 12.3. The number of nitrogen functional groups attached to an aromatic ring is 1. The molecule has 0 saturated carbocycles. The van der Waals surface area contributed by atoms with Crippen LogP contribution in [0.15, 0.2) is 47.4 Å². The Balaban J connectivity index is 2.19. The summed E-state index contributed by atoms with van der Waals surface area (Å²) in [4.78, 5) is 13.3. The molecule has 0 bridgehead atoms. The van der Waals surface area contributed by atoms with Crippen LogP contribution in [0.3, 0.4) is 0 Å². The highest BCUT2D eigenvalue weighted by Crippen LogP contribution is 2.26. The molecule has 3 N–H and O–H groups in total. The van der Waals surface area contributed by atoms with Gasteiger partial charge in [0.1, 0.15) is 5.75 Å². The molecular formula is C16H18N2O2S. The fraction of sp³-hybridized carbons (Fsp3) is 0.188. The van der Waals surface area contributed by atoms with Crippen LogP contribution in [-0.4, -0.2) is 18.8 Å². The van der Waals surface area contributed by atoms with Crippen molar-refractivity contribution in [1.29, 1.82) is 0 Å². The number of hydrogen-bond donors (Lipinski definition) is 2. The Bertz CT molecular complexity index is 644. The molecule has 2 aromatic carbocycles. The van der Waals surface area contributed by atoms with Gasteiger partial charge in [0, 0.05) is 10.5 Å². The van der Waals surface area contributed by atoms with Crippen molar-refractivity contribution < 1.29 is 9.53 Å². The normalized spacial score (nSPS) is 10.2. The number of carbonyl (C=O) groups is 1. The summed E-state index contributed by atoms with van der Waals surface area (Å²) in [6.45, 7) is 2.43. The molecule has 0 aliphatic heterocycles. The molecule has 0 fully saturated rings. The first-order valence-corrected chi connectivity index (χ1v) is 7.85. The van der Waals surface area contributed by atoms with Gasteiger partial charge in [0.2, 0.25) is 0 Å². The number of amides is 1. The summed E-state index contributed by atoms with van der Waals surface area (Å²) in [5, 5.41) is 2.90. The molecule has 110 valence electrons. The lowest BCUT2D eigenvalue weighted by Gasteiger charge is -2.11. The fourth-order valence-corrected chi connectivity index (χ4v) is 2.47. The number of para-hydroxylation sites is 1. The number of nitrogens with two attached hydrogens (primary N) is 1. The Labute approximate surface area is 128 Å². The van der Waals surface area contributed by atoms with Crippen LogP contribution < -0.4 is 15.8 Å². The minimum absolute atomic E-state index is 0.189. The van der Waals surface area contributed by atoms with E-state index in [1.807, 2.05) is 37.4 Å². The van der Waals surface area contributed by atoms with E-state index in [4.69, 9.17) is 10.5 Å². The quantitative estimate of drug-likeness (QED) is 0.654. The predicted octanol–water partition coefficient (Wildman–Crippen LogP) is 3.64. The third kappa shape index (κ3) is 3.70. The second-order valence-corrected chi connectivity index (χ2v) is 5.19. The fourth-order valence-electron chi connectivity index (χ4n) is 1.92. The Morgan fingerprint density at radius 1 is 1.29 bits per heavy atom. The van der Waals surface area contributed by atoms with Gasteiger partial charge in [-0.1, -0.05) is 12.1 Å². The first kappa shape index (κ1) is 15.3. The summed E-state index contributed by atoms with van der Waals surface area (Å²) in [7, 11) is 0. The number of ether oxygens (including phenoxy) is 1. The van der Waals surface area contributed by atoms with Crippen LogP contribution in [0.25, 0.3) is 0 Å². The van der Waals surface area contributed by atoms with Crippen molar-refractivity contribution in [3.8, 4) is 5.75 Å². The molecule has 5 heteroatoms. The monoisotopic (exact) mass is 302 g/mol. The van der Waals surface area contributed by atoms with E-state index in [-0.39, 0.29) is 5.91 Å². The molecule has 2 aromatic rings. The van der Waals surface area contributed by atoms with Crippen molar-refractivity contribution in [3.63, 3.8) is 0 Å². The van der Waals surface area contributed by atoms with Crippen LogP contribution in [0.4, 0.5) is 11.4 Å². The van der Waals surface area contributed by atoms with E-state index in [9.17, 15) is 4.79 Å². The zero-order valence-electron chi connectivity index (χ0n) is 12.1. The van der Waals surface area contributed by atoms with Crippen molar-refractivity contribution in [2.75, 3.05) is 23.9 Å².